The van der Waals surface area contributed by atoms with E-state index in [-0.39, 0.29) is 0 Å². The number of nitrogens with one attached hydrogen (secondary N) is 1. The number of likely N-dealkylation sites (N-methyl/N-ethyl adjacent to an activating group) is 1. The van der Waals surface area contributed by atoms with Gasteiger partial charge in [-0.1, -0.05) is 29.8 Å². The van der Waals surface area contributed by atoms with Gasteiger partial charge >= 0.3 is 0 Å². The summed E-state index contributed by atoms with van der Waals surface area (Å²) < 4.78 is 4.31. The average molecular weight is 305 g/mol. The summed E-state index contributed by atoms with van der Waals surface area (Å²) in [4.78, 5) is 8.58. The number of hydrogen-bond donors (Lipinski definition) is 1. The van der Waals surface area contributed by atoms with Crippen molar-refractivity contribution in [3.63, 3.8) is 0 Å². The molecule has 0 aliphatic rings. The number of anilines is 2. The van der Waals surface area contributed by atoms with Crippen molar-refractivity contribution in [2.45, 2.75) is 13.0 Å². The lowest BCUT2D eigenvalue weighted by Gasteiger charge is -2.25. The molecule has 6 heteroatoms. The second-order valence-corrected chi connectivity index (χ2v) is 6.32. The first kappa shape index (κ1) is 15.7. The summed E-state index contributed by atoms with van der Waals surface area (Å²) in [5, 5.41) is 4.26. The van der Waals surface area contributed by atoms with Crippen LogP contribution in [0.4, 0.5) is 11.1 Å². The Morgan fingerprint density at radius 1 is 1.24 bits per heavy atom. The van der Waals surface area contributed by atoms with E-state index in [1.165, 1.54) is 22.7 Å². The van der Waals surface area contributed by atoms with Gasteiger partial charge in [0.25, 0.3) is 0 Å². The molecule has 1 heterocycles. The van der Waals surface area contributed by atoms with Gasteiger partial charge in [-0.25, -0.2) is 0 Å². The molecule has 0 aliphatic heterocycles. The molecule has 0 aliphatic carbocycles. The lowest BCUT2D eigenvalue weighted by molar-refractivity contribution is 0.311. The van der Waals surface area contributed by atoms with Gasteiger partial charge in [-0.3, -0.25) is 0 Å². The lowest BCUT2D eigenvalue weighted by Crippen LogP contribution is -2.26. The van der Waals surface area contributed by atoms with Crippen LogP contribution in [0.5, 0.6) is 0 Å². The summed E-state index contributed by atoms with van der Waals surface area (Å²) in [6.45, 7) is 2.93. The van der Waals surface area contributed by atoms with Gasteiger partial charge in [0.05, 0.1) is 6.04 Å². The minimum Gasteiger partial charge on any atom is -0.358 e. The standard InChI is InChI=1S/C15H23N5S/c1-11-7-6-8-12(9-11)13(19(2)3)10-16-15-17-14(18-21-15)20(4)5/h6-9,13H,10H2,1-5H3,(H,16,17,18)/t13-/m1/s1. The number of nitrogens with zero attached hydrogens (tertiary/aromatic N) is 4. The number of hydrogen-bond acceptors (Lipinski definition) is 6. The van der Waals surface area contributed by atoms with Crippen LogP contribution in [-0.4, -0.2) is 49.0 Å². The van der Waals surface area contributed by atoms with E-state index < -0.39 is 0 Å². The van der Waals surface area contributed by atoms with E-state index in [4.69, 9.17) is 0 Å². The van der Waals surface area contributed by atoms with Crippen LogP contribution in [0, 0.1) is 6.92 Å². The number of benzene rings is 1. The van der Waals surface area contributed by atoms with Crippen LogP contribution in [0.2, 0.25) is 0 Å². The fraction of sp³-hybridized carbons (Fsp3) is 0.467. The molecular weight excluding hydrogens is 282 g/mol. The number of aromatic nitrogens is 2. The summed E-state index contributed by atoms with van der Waals surface area (Å²) in [5.41, 5.74) is 2.59. The molecule has 1 atom stereocenters. The molecule has 2 aromatic rings. The Bertz CT molecular complexity index is 579. The first-order valence-corrected chi connectivity index (χ1v) is 7.72. The van der Waals surface area contributed by atoms with E-state index in [0.717, 1.165) is 17.6 Å². The van der Waals surface area contributed by atoms with Gasteiger partial charge in [0, 0.05) is 32.2 Å². The third-order valence-corrected chi connectivity index (χ3v) is 3.98. The highest BCUT2D eigenvalue weighted by atomic mass is 32.1. The fourth-order valence-electron chi connectivity index (χ4n) is 2.13. The Hall–Kier alpha value is -1.66. The Balaban J connectivity index is 2.06. The zero-order valence-electron chi connectivity index (χ0n) is 13.3. The molecule has 0 saturated heterocycles. The van der Waals surface area contributed by atoms with Gasteiger partial charge in [-0.05, 0) is 26.6 Å². The highest BCUT2D eigenvalue weighted by molar-refractivity contribution is 7.09. The first-order valence-electron chi connectivity index (χ1n) is 6.95. The molecule has 0 spiro atoms. The highest BCUT2D eigenvalue weighted by Crippen LogP contribution is 2.22. The summed E-state index contributed by atoms with van der Waals surface area (Å²) >= 11 is 1.40. The maximum absolute atomic E-state index is 4.46. The Labute approximate surface area is 130 Å². The highest BCUT2D eigenvalue weighted by Gasteiger charge is 2.15. The van der Waals surface area contributed by atoms with Gasteiger partial charge < -0.3 is 15.1 Å². The van der Waals surface area contributed by atoms with Gasteiger partial charge in [0.15, 0.2) is 0 Å². The van der Waals surface area contributed by atoms with Crippen LogP contribution in [-0.2, 0) is 0 Å². The molecule has 1 aromatic heterocycles. The van der Waals surface area contributed by atoms with Crippen molar-refractivity contribution >= 4 is 22.6 Å². The smallest absolute Gasteiger partial charge is 0.238 e. The molecular formula is C15H23N5S. The average Bonchev–Trinajstić information content (AvgIpc) is 2.87. The topological polar surface area (TPSA) is 44.3 Å². The fourth-order valence-corrected chi connectivity index (χ4v) is 2.77. The van der Waals surface area contributed by atoms with Gasteiger partial charge in [-0.2, -0.15) is 9.36 Å². The normalized spacial score (nSPS) is 12.5. The van der Waals surface area contributed by atoms with E-state index in [2.05, 4.69) is 64.9 Å². The molecule has 1 aromatic carbocycles. The third-order valence-electron chi connectivity index (χ3n) is 3.31. The van der Waals surface area contributed by atoms with Crippen LogP contribution >= 0.6 is 11.5 Å². The monoisotopic (exact) mass is 305 g/mol. The molecule has 5 nitrogen and oxygen atoms in total. The number of rotatable bonds is 6. The van der Waals surface area contributed by atoms with Crippen molar-refractivity contribution in [1.82, 2.24) is 14.3 Å². The molecule has 0 radical (unpaired) electrons. The SMILES string of the molecule is Cc1cccc([C@@H](CNc2nc(N(C)C)ns2)N(C)C)c1. The molecule has 0 amide bonds. The zero-order valence-corrected chi connectivity index (χ0v) is 14.1. The summed E-state index contributed by atoms with van der Waals surface area (Å²) in [6, 6.07) is 8.94. The quantitative estimate of drug-likeness (QED) is 0.889. The summed E-state index contributed by atoms with van der Waals surface area (Å²) in [7, 11) is 8.09. The van der Waals surface area contributed by atoms with Gasteiger partial charge in [0.2, 0.25) is 11.1 Å². The van der Waals surface area contributed by atoms with Crippen LogP contribution in [0.1, 0.15) is 17.2 Å². The van der Waals surface area contributed by atoms with E-state index in [1.54, 1.807) is 0 Å². The lowest BCUT2D eigenvalue weighted by atomic mass is 10.0. The van der Waals surface area contributed by atoms with Crippen molar-refractivity contribution in [1.29, 1.82) is 0 Å². The van der Waals surface area contributed by atoms with Crippen LogP contribution < -0.4 is 10.2 Å². The molecule has 21 heavy (non-hydrogen) atoms. The van der Waals surface area contributed by atoms with Crippen LogP contribution in [0.25, 0.3) is 0 Å². The molecule has 0 fully saturated rings. The second kappa shape index (κ2) is 6.87. The minimum atomic E-state index is 0.302. The first-order chi connectivity index (χ1) is 9.97. The Kier molecular flexibility index (Phi) is 5.14. The Morgan fingerprint density at radius 3 is 2.57 bits per heavy atom. The predicted molar refractivity (Wildman–Crippen MR) is 90.3 cm³/mol. The minimum absolute atomic E-state index is 0.302. The van der Waals surface area contributed by atoms with Crippen molar-refractivity contribution in [2.75, 3.05) is 45.0 Å². The second-order valence-electron chi connectivity index (χ2n) is 5.57. The third kappa shape index (κ3) is 4.15. The van der Waals surface area contributed by atoms with E-state index in [0.29, 0.717) is 6.04 Å². The van der Waals surface area contributed by atoms with Gasteiger partial charge in [-0.15, -0.1) is 0 Å². The molecule has 0 bridgehead atoms. The van der Waals surface area contributed by atoms with Gasteiger partial charge in [0.1, 0.15) is 0 Å². The molecule has 2 rings (SSSR count). The maximum atomic E-state index is 4.46. The van der Waals surface area contributed by atoms with E-state index in [9.17, 15) is 0 Å². The van der Waals surface area contributed by atoms with Crippen LogP contribution in [0.3, 0.4) is 0 Å². The van der Waals surface area contributed by atoms with E-state index >= 15 is 0 Å². The van der Waals surface area contributed by atoms with Crippen molar-refractivity contribution < 1.29 is 0 Å². The van der Waals surface area contributed by atoms with Crippen molar-refractivity contribution in [3.05, 3.63) is 35.4 Å². The molecule has 114 valence electrons. The van der Waals surface area contributed by atoms with E-state index in [1.807, 2.05) is 19.0 Å². The zero-order chi connectivity index (χ0) is 15.4. The molecule has 0 unspecified atom stereocenters. The number of aryl methyl sites for hydroxylation is 1. The maximum Gasteiger partial charge on any atom is 0.238 e. The molecule has 1 N–H and O–H groups in total. The predicted octanol–water partition coefficient (Wildman–Crippen LogP) is 2.63. The Morgan fingerprint density at radius 2 is 2.00 bits per heavy atom. The summed E-state index contributed by atoms with van der Waals surface area (Å²) in [5.74, 6) is 0.749. The summed E-state index contributed by atoms with van der Waals surface area (Å²) in [6.07, 6.45) is 0. The van der Waals surface area contributed by atoms with Crippen LogP contribution in [0.15, 0.2) is 24.3 Å². The van der Waals surface area contributed by atoms with Crippen molar-refractivity contribution in [2.24, 2.45) is 0 Å². The van der Waals surface area contributed by atoms with Crippen molar-refractivity contribution in [3.8, 4) is 0 Å². The molecule has 0 saturated carbocycles. The largest absolute Gasteiger partial charge is 0.358 e.